The fourth-order valence-electron chi connectivity index (χ4n) is 1.81. The number of pyridine rings is 1. The number of guanidine groups is 1. The van der Waals surface area contributed by atoms with Gasteiger partial charge >= 0.3 is 0 Å². The van der Waals surface area contributed by atoms with Gasteiger partial charge in [0.2, 0.25) is 5.91 Å². The lowest BCUT2D eigenvalue weighted by molar-refractivity contribution is -0.115. The van der Waals surface area contributed by atoms with Crippen molar-refractivity contribution in [2.75, 3.05) is 18.9 Å². The fraction of sp³-hybridized carbons (Fsp3) is 0.188. The second-order valence-corrected chi connectivity index (χ2v) is 5.13. The maximum absolute atomic E-state index is 11.8. The van der Waals surface area contributed by atoms with E-state index in [1.165, 1.54) is 0 Å². The molecule has 0 fully saturated rings. The molecule has 0 bridgehead atoms. The Morgan fingerprint density at radius 2 is 1.96 bits per heavy atom. The molecule has 1 amide bonds. The normalized spacial score (nSPS) is 10.5. The molecule has 0 radical (unpaired) electrons. The van der Waals surface area contributed by atoms with Crippen molar-refractivity contribution in [1.29, 1.82) is 0 Å². The van der Waals surface area contributed by atoms with E-state index in [-0.39, 0.29) is 36.4 Å². The Bertz CT molecular complexity index is 664. The van der Waals surface area contributed by atoms with Crippen molar-refractivity contribution in [2.45, 2.75) is 6.54 Å². The van der Waals surface area contributed by atoms with Crippen LogP contribution in [0.2, 0.25) is 5.02 Å². The highest BCUT2D eigenvalue weighted by Crippen LogP contribution is 2.09. The van der Waals surface area contributed by atoms with Crippen LogP contribution in [0.25, 0.3) is 0 Å². The Kier molecular flexibility index (Phi) is 9.10. The molecule has 0 unspecified atom stereocenters. The van der Waals surface area contributed by atoms with Crippen LogP contribution >= 0.6 is 35.6 Å². The van der Waals surface area contributed by atoms with Crippen LogP contribution in [-0.4, -0.2) is 30.4 Å². The number of nitrogens with zero attached hydrogens (tertiary/aromatic N) is 2. The second kappa shape index (κ2) is 10.8. The molecule has 1 aromatic heterocycles. The van der Waals surface area contributed by atoms with E-state index in [2.05, 4.69) is 25.9 Å². The number of nitrogens with one attached hydrogen (secondary N) is 3. The summed E-state index contributed by atoms with van der Waals surface area (Å²) in [4.78, 5) is 19.9. The molecule has 3 N–H and O–H groups in total. The Hall–Kier alpha value is -1.87. The van der Waals surface area contributed by atoms with Crippen LogP contribution < -0.4 is 16.0 Å². The van der Waals surface area contributed by atoms with E-state index < -0.39 is 0 Å². The van der Waals surface area contributed by atoms with E-state index in [1.54, 1.807) is 31.6 Å². The van der Waals surface area contributed by atoms with Crippen LogP contribution in [0.4, 0.5) is 5.69 Å². The molecule has 0 atom stereocenters. The van der Waals surface area contributed by atoms with Crippen molar-refractivity contribution in [3.05, 3.63) is 59.4 Å². The standard InChI is InChI=1S/C16H18ClN5O.HI/c1-18-16(20-9-12-4-6-13(17)7-5-12)21-11-15(23)22-14-3-2-8-19-10-14;/h2-8,10H,9,11H2,1H3,(H,22,23)(H2,18,20,21);1H. The van der Waals surface area contributed by atoms with Crippen LogP contribution in [0.3, 0.4) is 0 Å². The van der Waals surface area contributed by atoms with Crippen molar-refractivity contribution in [3.63, 3.8) is 0 Å². The summed E-state index contributed by atoms with van der Waals surface area (Å²) in [5.41, 5.74) is 1.72. The number of aliphatic imine (C=N–C) groups is 1. The predicted octanol–water partition coefficient (Wildman–Crippen LogP) is 2.66. The van der Waals surface area contributed by atoms with Gasteiger partial charge in [0.25, 0.3) is 0 Å². The first-order valence-electron chi connectivity index (χ1n) is 7.06. The smallest absolute Gasteiger partial charge is 0.243 e. The van der Waals surface area contributed by atoms with Crippen LogP contribution in [0.15, 0.2) is 53.8 Å². The first kappa shape index (κ1) is 20.2. The van der Waals surface area contributed by atoms with Gasteiger partial charge in [0.05, 0.1) is 18.4 Å². The van der Waals surface area contributed by atoms with Gasteiger partial charge in [0.15, 0.2) is 5.96 Å². The number of amides is 1. The predicted molar refractivity (Wildman–Crippen MR) is 108 cm³/mol. The molecule has 0 aliphatic rings. The van der Waals surface area contributed by atoms with Gasteiger partial charge in [-0.3, -0.25) is 14.8 Å². The van der Waals surface area contributed by atoms with Crippen molar-refractivity contribution in [3.8, 4) is 0 Å². The minimum atomic E-state index is -0.174. The summed E-state index contributed by atoms with van der Waals surface area (Å²) in [7, 11) is 1.65. The Balaban J connectivity index is 0.00000288. The number of hydrogen-bond acceptors (Lipinski definition) is 3. The zero-order valence-electron chi connectivity index (χ0n) is 13.1. The van der Waals surface area contributed by atoms with E-state index in [4.69, 9.17) is 11.6 Å². The summed E-state index contributed by atoms with van der Waals surface area (Å²) in [5.74, 6) is 0.369. The third-order valence-electron chi connectivity index (χ3n) is 2.96. The lowest BCUT2D eigenvalue weighted by Crippen LogP contribution is -2.41. The van der Waals surface area contributed by atoms with Crippen molar-refractivity contribution >= 4 is 53.1 Å². The van der Waals surface area contributed by atoms with Gasteiger partial charge in [-0.1, -0.05) is 23.7 Å². The zero-order chi connectivity index (χ0) is 16.5. The molecule has 0 aliphatic carbocycles. The summed E-state index contributed by atoms with van der Waals surface area (Å²) in [6, 6.07) is 11.1. The van der Waals surface area contributed by atoms with Crippen molar-refractivity contribution < 1.29 is 4.79 Å². The average Bonchev–Trinajstić information content (AvgIpc) is 2.57. The Morgan fingerprint density at radius 1 is 1.21 bits per heavy atom. The van der Waals surface area contributed by atoms with Gasteiger partial charge in [0.1, 0.15) is 0 Å². The molecule has 0 saturated carbocycles. The summed E-state index contributed by atoms with van der Waals surface area (Å²) < 4.78 is 0. The molecule has 128 valence electrons. The topological polar surface area (TPSA) is 78.4 Å². The first-order valence-corrected chi connectivity index (χ1v) is 7.44. The maximum atomic E-state index is 11.8. The van der Waals surface area contributed by atoms with Crippen LogP contribution in [0, 0.1) is 0 Å². The highest BCUT2D eigenvalue weighted by Gasteiger charge is 2.04. The summed E-state index contributed by atoms with van der Waals surface area (Å²) in [5, 5.41) is 9.52. The number of carbonyl (C=O) groups is 1. The molecular weight excluding hydrogens is 441 g/mol. The summed E-state index contributed by atoms with van der Waals surface area (Å²) in [6.45, 7) is 0.691. The van der Waals surface area contributed by atoms with Crippen LogP contribution in [0.1, 0.15) is 5.56 Å². The van der Waals surface area contributed by atoms with Gasteiger partial charge in [-0.15, -0.1) is 24.0 Å². The van der Waals surface area contributed by atoms with Gasteiger partial charge in [0, 0.05) is 24.8 Å². The highest BCUT2D eigenvalue weighted by molar-refractivity contribution is 14.0. The molecule has 1 heterocycles. The third-order valence-corrected chi connectivity index (χ3v) is 3.21. The van der Waals surface area contributed by atoms with Gasteiger partial charge in [-0.05, 0) is 29.8 Å². The third kappa shape index (κ3) is 7.14. The van der Waals surface area contributed by atoms with Crippen molar-refractivity contribution in [2.24, 2.45) is 4.99 Å². The van der Waals surface area contributed by atoms with Gasteiger partial charge in [-0.25, -0.2) is 0 Å². The largest absolute Gasteiger partial charge is 0.352 e. The minimum Gasteiger partial charge on any atom is -0.352 e. The molecule has 0 saturated heterocycles. The van der Waals surface area contributed by atoms with E-state index in [0.29, 0.717) is 23.2 Å². The lowest BCUT2D eigenvalue weighted by Gasteiger charge is -2.12. The fourth-order valence-corrected chi connectivity index (χ4v) is 1.94. The van der Waals surface area contributed by atoms with E-state index in [1.807, 2.05) is 24.3 Å². The molecule has 0 aliphatic heterocycles. The summed E-state index contributed by atoms with van der Waals surface area (Å²) in [6.07, 6.45) is 3.24. The quantitative estimate of drug-likeness (QED) is 0.365. The molecule has 24 heavy (non-hydrogen) atoms. The lowest BCUT2D eigenvalue weighted by atomic mass is 10.2. The number of aromatic nitrogens is 1. The molecule has 8 heteroatoms. The SMILES string of the molecule is CN=C(NCC(=O)Nc1cccnc1)NCc1ccc(Cl)cc1.I. The van der Waals surface area contributed by atoms with Gasteiger partial charge in [-0.2, -0.15) is 0 Å². The van der Waals surface area contributed by atoms with E-state index in [0.717, 1.165) is 5.56 Å². The monoisotopic (exact) mass is 459 g/mol. The van der Waals surface area contributed by atoms with Crippen LogP contribution in [0.5, 0.6) is 0 Å². The second-order valence-electron chi connectivity index (χ2n) is 4.70. The first-order chi connectivity index (χ1) is 11.2. The summed E-state index contributed by atoms with van der Waals surface area (Å²) >= 11 is 5.85. The minimum absolute atomic E-state index is 0. The average molecular weight is 460 g/mol. The molecule has 1 aromatic carbocycles. The van der Waals surface area contributed by atoms with E-state index in [9.17, 15) is 4.79 Å². The number of halogens is 2. The molecule has 2 rings (SSSR count). The molecule has 0 spiro atoms. The van der Waals surface area contributed by atoms with Gasteiger partial charge < -0.3 is 16.0 Å². The molecular formula is C16H19ClIN5O. The van der Waals surface area contributed by atoms with Crippen molar-refractivity contribution in [1.82, 2.24) is 15.6 Å². The number of hydrogen-bond donors (Lipinski definition) is 3. The molecule has 2 aromatic rings. The van der Waals surface area contributed by atoms with Crippen LogP contribution in [-0.2, 0) is 11.3 Å². The zero-order valence-corrected chi connectivity index (χ0v) is 16.2. The highest BCUT2D eigenvalue weighted by atomic mass is 127. The maximum Gasteiger partial charge on any atom is 0.243 e. The Labute approximate surface area is 163 Å². The number of rotatable bonds is 5. The number of carbonyl (C=O) groups excluding carboxylic acids is 1. The Morgan fingerprint density at radius 3 is 2.58 bits per heavy atom. The number of anilines is 1. The number of benzene rings is 1. The van der Waals surface area contributed by atoms with E-state index >= 15 is 0 Å². The molecule has 6 nitrogen and oxygen atoms in total.